The first kappa shape index (κ1) is 19.3. The third-order valence-corrected chi connectivity index (χ3v) is 5.59. The van der Waals surface area contributed by atoms with E-state index >= 15 is 0 Å². The molecule has 27 heavy (non-hydrogen) atoms. The number of likely N-dealkylation sites (N-methyl/N-ethyl adjacent to an activating group) is 1. The van der Waals surface area contributed by atoms with Gasteiger partial charge in [0.15, 0.2) is 0 Å². The van der Waals surface area contributed by atoms with Crippen LogP contribution in [0.3, 0.4) is 0 Å². The number of fused-ring (bicyclic) bond motifs is 1. The second-order valence-corrected chi connectivity index (χ2v) is 7.75. The standard InChI is InChI=1S/C21H25N3O2S/c1-24(2)18(15-7-6-8-16(13-15)26-3)14-22-20(25)11-12-21-23-17-9-4-5-10-19(17)27-21/h4-10,13,18H,11-12,14H2,1-3H3,(H,22,25)/t18-/m1/s1. The molecule has 0 spiro atoms. The zero-order valence-electron chi connectivity index (χ0n) is 15.9. The van der Waals surface area contributed by atoms with Crippen molar-refractivity contribution in [1.82, 2.24) is 15.2 Å². The van der Waals surface area contributed by atoms with Crippen molar-refractivity contribution >= 4 is 27.5 Å². The number of nitrogens with zero attached hydrogens (tertiary/aromatic N) is 2. The van der Waals surface area contributed by atoms with Crippen molar-refractivity contribution in [1.29, 1.82) is 0 Å². The minimum absolute atomic E-state index is 0.0454. The molecule has 2 aromatic carbocycles. The van der Waals surface area contributed by atoms with Gasteiger partial charge in [-0.05, 0) is 43.9 Å². The third kappa shape index (κ3) is 5.05. The molecule has 6 heteroatoms. The van der Waals surface area contributed by atoms with E-state index in [0.29, 0.717) is 19.4 Å². The smallest absolute Gasteiger partial charge is 0.220 e. The Morgan fingerprint density at radius 1 is 1.22 bits per heavy atom. The Bertz CT molecular complexity index is 874. The Morgan fingerprint density at radius 2 is 2.04 bits per heavy atom. The molecule has 0 radical (unpaired) electrons. The van der Waals surface area contributed by atoms with Crippen LogP contribution in [0.15, 0.2) is 48.5 Å². The molecule has 0 saturated carbocycles. The molecule has 3 rings (SSSR count). The number of ether oxygens (including phenoxy) is 1. The van der Waals surface area contributed by atoms with E-state index in [1.54, 1.807) is 18.4 Å². The monoisotopic (exact) mass is 383 g/mol. The van der Waals surface area contributed by atoms with E-state index in [-0.39, 0.29) is 11.9 Å². The van der Waals surface area contributed by atoms with Crippen molar-refractivity contribution in [3.63, 3.8) is 0 Å². The van der Waals surface area contributed by atoms with Crippen LogP contribution in [0.5, 0.6) is 5.75 Å². The Balaban J connectivity index is 1.55. The van der Waals surface area contributed by atoms with Gasteiger partial charge < -0.3 is 15.0 Å². The Morgan fingerprint density at radius 3 is 2.78 bits per heavy atom. The average molecular weight is 384 g/mol. The lowest BCUT2D eigenvalue weighted by atomic mass is 10.1. The first-order valence-corrected chi connectivity index (χ1v) is 9.80. The highest BCUT2D eigenvalue weighted by Crippen LogP contribution is 2.23. The van der Waals surface area contributed by atoms with Crippen molar-refractivity contribution in [3.8, 4) is 5.75 Å². The van der Waals surface area contributed by atoms with Crippen LogP contribution >= 0.6 is 11.3 Å². The van der Waals surface area contributed by atoms with E-state index < -0.39 is 0 Å². The Kier molecular flexibility index (Phi) is 6.42. The fraction of sp³-hybridized carbons (Fsp3) is 0.333. The second kappa shape index (κ2) is 8.97. The molecule has 1 heterocycles. The van der Waals surface area contributed by atoms with Gasteiger partial charge in [0.1, 0.15) is 5.75 Å². The predicted molar refractivity (Wildman–Crippen MR) is 110 cm³/mol. The molecule has 0 unspecified atom stereocenters. The van der Waals surface area contributed by atoms with Crippen molar-refractivity contribution in [2.45, 2.75) is 18.9 Å². The number of thiazole rings is 1. The number of hydrogen-bond donors (Lipinski definition) is 1. The minimum atomic E-state index is 0.0454. The van der Waals surface area contributed by atoms with Gasteiger partial charge in [-0.15, -0.1) is 11.3 Å². The number of carbonyl (C=O) groups excluding carboxylic acids is 1. The lowest BCUT2D eigenvalue weighted by Gasteiger charge is -2.25. The van der Waals surface area contributed by atoms with E-state index in [1.807, 2.05) is 50.5 Å². The number of rotatable bonds is 8. The van der Waals surface area contributed by atoms with Crippen LogP contribution in [0.25, 0.3) is 10.2 Å². The summed E-state index contributed by atoms with van der Waals surface area (Å²) in [4.78, 5) is 19.0. The first-order valence-electron chi connectivity index (χ1n) is 8.98. The van der Waals surface area contributed by atoms with Crippen molar-refractivity contribution in [2.75, 3.05) is 27.7 Å². The summed E-state index contributed by atoms with van der Waals surface area (Å²) >= 11 is 1.66. The molecule has 5 nitrogen and oxygen atoms in total. The number of amides is 1. The summed E-state index contributed by atoms with van der Waals surface area (Å²) < 4.78 is 6.48. The van der Waals surface area contributed by atoms with Crippen LogP contribution in [0, 0.1) is 0 Å². The maximum absolute atomic E-state index is 12.3. The van der Waals surface area contributed by atoms with E-state index in [4.69, 9.17) is 4.74 Å². The molecule has 0 aliphatic carbocycles. The third-order valence-electron chi connectivity index (χ3n) is 4.50. The van der Waals surface area contributed by atoms with Crippen molar-refractivity contribution < 1.29 is 9.53 Å². The quantitative estimate of drug-likeness (QED) is 0.645. The van der Waals surface area contributed by atoms with Crippen LogP contribution in [-0.4, -0.2) is 43.5 Å². The zero-order chi connectivity index (χ0) is 19.2. The van der Waals surface area contributed by atoms with Crippen molar-refractivity contribution in [3.05, 3.63) is 59.1 Å². The molecule has 1 N–H and O–H groups in total. The molecule has 3 aromatic rings. The number of benzene rings is 2. The van der Waals surface area contributed by atoms with Gasteiger partial charge in [0.05, 0.1) is 28.4 Å². The van der Waals surface area contributed by atoms with Gasteiger partial charge >= 0.3 is 0 Å². The number of carbonyl (C=O) groups is 1. The number of aromatic nitrogens is 1. The minimum Gasteiger partial charge on any atom is -0.497 e. The van der Waals surface area contributed by atoms with Gasteiger partial charge in [-0.2, -0.15) is 0 Å². The molecule has 0 fully saturated rings. The lowest BCUT2D eigenvalue weighted by molar-refractivity contribution is -0.121. The molecule has 1 amide bonds. The summed E-state index contributed by atoms with van der Waals surface area (Å²) in [7, 11) is 5.68. The van der Waals surface area contributed by atoms with Crippen LogP contribution in [0.4, 0.5) is 0 Å². The number of nitrogens with one attached hydrogen (secondary N) is 1. The maximum atomic E-state index is 12.3. The van der Waals surface area contributed by atoms with Crippen LogP contribution < -0.4 is 10.1 Å². The number of methoxy groups -OCH3 is 1. The van der Waals surface area contributed by atoms with Gasteiger partial charge in [0.2, 0.25) is 5.91 Å². The molecule has 0 saturated heterocycles. The molecular weight excluding hydrogens is 358 g/mol. The Hall–Kier alpha value is -2.44. The molecule has 1 atom stereocenters. The van der Waals surface area contributed by atoms with Gasteiger partial charge in [-0.25, -0.2) is 4.98 Å². The highest BCUT2D eigenvalue weighted by Gasteiger charge is 2.16. The highest BCUT2D eigenvalue weighted by atomic mass is 32.1. The van der Waals surface area contributed by atoms with Crippen LogP contribution in [-0.2, 0) is 11.2 Å². The predicted octanol–water partition coefficient (Wildman–Crippen LogP) is 3.66. The molecule has 0 aliphatic rings. The van der Waals surface area contributed by atoms with E-state index in [1.165, 1.54) is 4.70 Å². The summed E-state index contributed by atoms with van der Waals surface area (Å²) in [5.74, 6) is 0.866. The molecule has 1 aromatic heterocycles. The fourth-order valence-corrected chi connectivity index (χ4v) is 3.96. The normalized spacial score (nSPS) is 12.3. The van der Waals surface area contributed by atoms with Gasteiger partial charge in [-0.3, -0.25) is 4.79 Å². The molecular formula is C21H25N3O2S. The summed E-state index contributed by atoms with van der Waals surface area (Å²) in [6.45, 7) is 0.554. The van der Waals surface area contributed by atoms with Crippen LogP contribution in [0.2, 0.25) is 0 Å². The maximum Gasteiger partial charge on any atom is 0.220 e. The zero-order valence-corrected chi connectivity index (χ0v) is 16.8. The summed E-state index contributed by atoms with van der Waals surface area (Å²) in [6.07, 6.45) is 1.11. The van der Waals surface area contributed by atoms with E-state index in [0.717, 1.165) is 21.8 Å². The second-order valence-electron chi connectivity index (χ2n) is 6.64. The first-order chi connectivity index (χ1) is 13.1. The van der Waals surface area contributed by atoms with Crippen molar-refractivity contribution in [2.24, 2.45) is 0 Å². The number of aryl methyl sites for hydroxylation is 1. The molecule has 0 aliphatic heterocycles. The van der Waals surface area contributed by atoms with Gasteiger partial charge in [0.25, 0.3) is 0 Å². The fourth-order valence-electron chi connectivity index (χ4n) is 2.99. The highest BCUT2D eigenvalue weighted by molar-refractivity contribution is 7.18. The number of para-hydroxylation sites is 1. The van der Waals surface area contributed by atoms with E-state index in [2.05, 4.69) is 27.3 Å². The SMILES string of the molecule is COc1cccc([C@@H](CNC(=O)CCc2nc3ccccc3s2)N(C)C)c1. The van der Waals surface area contributed by atoms with Crippen LogP contribution in [0.1, 0.15) is 23.0 Å². The Labute approximate surface area is 164 Å². The topological polar surface area (TPSA) is 54.5 Å². The lowest BCUT2D eigenvalue weighted by Crippen LogP contribution is -2.34. The molecule has 142 valence electrons. The summed E-state index contributed by atoms with van der Waals surface area (Å²) in [5, 5.41) is 4.06. The average Bonchev–Trinajstić information content (AvgIpc) is 3.09. The molecule has 0 bridgehead atoms. The summed E-state index contributed by atoms with van der Waals surface area (Å²) in [6, 6.07) is 16.1. The van der Waals surface area contributed by atoms with Gasteiger partial charge in [0, 0.05) is 19.4 Å². The summed E-state index contributed by atoms with van der Waals surface area (Å²) in [5.41, 5.74) is 2.12. The van der Waals surface area contributed by atoms with E-state index in [9.17, 15) is 4.79 Å². The largest absolute Gasteiger partial charge is 0.497 e. The number of hydrogen-bond acceptors (Lipinski definition) is 5. The van der Waals surface area contributed by atoms with Gasteiger partial charge in [-0.1, -0.05) is 24.3 Å².